The largest absolute Gasteiger partial charge is 0.359 e. The summed E-state index contributed by atoms with van der Waals surface area (Å²) in [5.74, 6) is 0.906. The van der Waals surface area contributed by atoms with Crippen molar-refractivity contribution < 1.29 is 0 Å². The highest BCUT2D eigenvalue weighted by Gasteiger charge is 2.10. The van der Waals surface area contributed by atoms with Crippen molar-refractivity contribution in [2.45, 2.75) is 6.92 Å². The van der Waals surface area contributed by atoms with E-state index in [-0.39, 0.29) is 0 Å². The van der Waals surface area contributed by atoms with Crippen molar-refractivity contribution in [3.05, 3.63) is 16.7 Å². The average molecular weight is 228 g/mol. The highest BCUT2D eigenvalue weighted by Crippen LogP contribution is 2.28. The second-order valence-electron chi connectivity index (χ2n) is 2.97. The van der Waals surface area contributed by atoms with E-state index in [4.69, 9.17) is 11.6 Å². The monoisotopic (exact) mass is 227 g/mol. The summed E-state index contributed by atoms with van der Waals surface area (Å²) in [7, 11) is 2.00. The van der Waals surface area contributed by atoms with Crippen LogP contribution in [0.25, 0.3) is 10.2 Å². The highest BCUT2D eigenvalue weighted by atomic mass is 35.5. The lowest BCUT2D eigenvalue weighted by molar-refractivity contribution is 0.941. The molecule has 2 rings (SSSR count). The van der Waals surface area contributed by atoms with Gasteiger partial charge in [-0.1, -0.05) is 0 Å². The molecule has 0 aromatic carbocycles. The summed E-state index contributed by atoms with van der Waals surface area (Å²) < 4.78 is 0. The molecule has 0 N–H and O–H groups in total. The van der Waals surface area contributed by atoms with Gasteiger partial charge in [0, 0.05) is 13.6 Å². The Labute approximate surface area is 91.4 Å². The van der Waals surface area contributed by atoms with Crippen LogP contribution in [0.4, 0.5) is 5.82 Å². The van der Waals surface area contributed by atoms with Gasteiger partial charge in [-0.3, -0.25) is 0 Å². The second-order valence-corrected chi connectivity index (χ2v) is 4.20. The average Bonchev–Trinajstić information content (AvgIpc) is 2.62. The molecule has 0 aliphatic heterocycles. The van der Waals surface area contributed by atoms with Gasteiger partial charge >= 0.3 is 0 Å². The van der Waals surface area contributed by atoms with Crippen LogP contribution in [0.2, 0.25) is 5.28 Å². The molecule has 0 spiro atoms. The molecule has 2 aromatic rings. The third-order valence-corrected chi connectivity index (χ3v) is 3.09. The zero-order valence-corrected chi connectivity index (χ0v) is 9.56. The van der Waals surface area contributed by atoms with Crippen molar-refractivity contribution in [2.24, 2.45) is 0 Å². The van der Waals surface area contributed by atoms with E-state index in [2.05, 4.69) is 21.8 Å². The Kier molecular flexibility index (Phi) is 2.56. The van der Waals surface area contributed by atoms with Gasteiger partial charge in [0.2, 0.25) is 5.28 Å². The Bertz CT molecular complexity index is 454. The second kappa shape index (κ2) is 3.71. The fraction of sp³-hybridized carbons (Fsp3) is 0.333. The quantitative estimate of drug-likeness (QED) is 0.739. The molecular weight excluding hydrogens is 218 g/mol. The summed E-state index contributed by atoms with van der Waals surface area (Å²) in [4.78, 5) is 11.4. The minimum atomic E-state index is 0.315. The number of thiophene rings is 1. The summed E-state index contributed by atoms with van der Waals surface area (Å²) in [6.07, 6.45) is 0. The van der Waals surface area contributed by atoms with Gasteiger partial charge in [-0.05, 0) is 30.0 Å². The van der Waals surface area contributed by atoms with Gasteiger partial charge in [-0.2, -0.15) is 4.98 Å². The van der Waals surface area contributed by atoms with Crippen molar-refractivity contribution in [1.82, 2.24) is 9.97 Å². The van der Waals surface area contributed by atoms with Gasteiger partial charge in [0.1, 0.15) is 10.6 Å². The number of fused-ring (bicyclic) bond motifs is 1. The van der Waals surface area contributed by atoms with Crippen molar-refractivity contribution in [3.63, 3.8) is 0 Å². The summed E-state index contributed by atoms with van der Waals surface area (Å²) in [5.41, 5.74) is 0. The predicted octanol–water partition coefficient (Wildman–Crippen LogP) is 2.80. The van der Waals surface area contributed by atoms with Crippen LogP contribution in [0.3, 0.4) is 0 Å². The Morgan fingerprint density at radius 3 is 3.00 bits per heavy atom. The summed E-state index contributed by atoms with van der Waals surface area (Å²) in [6.45, 7) is 2.98. The Morgan fingerprint density at radius 1 is 1.50 bits per heavy atom. The van der Waals surface area contributed by atoms with Gasteiger partial charge in [0.05, 0.1) is 5.39 Å². The number of anilines is 1. The Hall–Kier alpha value is -0.870. The topological polar surface area (TPSA) is 29.0 Å². The lowest BCUT2D eigenvalue weighted by Crippen LogP contribution is -2.17. The van der Waals surface area contributed by atoms with Crippen molar-refractivity contribution in [2.75, 3.05) is 18.5 Å². The van der Waals surface area contributed by atoms with Gasteiger partial charge in [-0.15, -0.1) is 11.3 Å². The van der Waals surface area contributed by atoms with Crippen LogP contribution in [0, 0.1) is 0 Å². The normalized spacial score (nSPS) is 10.8. The van der Waals surface area contributed by atoms with Crippen molar-refractivity contribution in [1.29, 1.82) is 0 Å². The van der Waals surface area contributed by atoms with Gasteiger partial charge < -0.3 is 4.90 Å². The maximum atomic E-state index is 5.84. The van der Waals surface area contributed by atoms with Crippen LogP contribution in [0.5, 0.6) is 0 Å². The first-order chi connectivity index (χ1) is 6.72. The zero-order valence-electron chi connectivity index (χ0n) is 7.99. The molecule has 3 nitrogen and oxygen atoms in total. The molecular formula is C9H10ClN3S. The number of nitrogens with zero attached hydrogens (tertiary/aromatic N) is 3. The predicted molar refractivity (Wildman–Crippen MR) is 61.4 cm³/mol. The SMILES string of the molecule is CCN(C)c1nc(Cl)nc2sccc12. The number of aromatic nitrogens is 2. The van der Waals surface area contributed by atoms with E-state index >= 15 is 0 Å². The molecule has 0 atom stereocenters. The van der Waals surface area contributed by atoms with Crippen molar-refractivity contribution >= 4 is 39.0 Å². The molecule has 0 aliphatic carbocycles. The van der Waals surface area contributed by atoms with Gasteiger partial charge in [-0.25, -0.2) is 4.98 Å². The molecule has 0 saturated carbocycles. The summed E-state index contributed by atoms with van der Waals surface area (Å²) >= 11 is 7.42. The first-order valence-electron chi connectivity index (χ1n) is 4.34. The van der Waals surface area contributed by atoms with Gasteiger partial charge in [0.25, 0.3) is 0 Å². The van der Waals surface area contributed by atoms with Crippen LogP contribution >= 0.6 is 22.9 Å². The zero-order chi connectivity index (χ0) is 10.1. The molecule has 0 radical (unpaired) electrons. The van der Waals surface area contributed by atoms with Crippen LogP contribution < -0.4 is 4.90 Å². The first kappa shape index (κ1) is 9.68. The minimum absolute atomic E-state index is 0.315. The van der Waals surface area contributed by atoms with Crippen molar-refractivity contribution in [3.8, 4) is 0 Å². The molecule has 14 heavy (non-hydrogen) atoms. The molecule has 0 fully saturated rings. The molecule has 2 aromatic heterocycles. The molecule has 0 amide bonds. The standard InChI is InChI=1S/C9H10ClN3S/c1-3-13(2)7-6-4-5-14-8(6)12-9(10)11-7/h4-5H,3H2,1-2H3. The fourth-order valence-corrected chi connectivity index (χ4v) is 2.23. The van der Waals surface area contributed by atoms with Gasteiger partial charge in [0.15, 0.2) is 0 Å². The van der Waals surface area contributed by atoms with E-state index in [0.29, 0.717) is 5.28 Å². The van der Waals surface area contributed by atoms with Crippen LogP contribution in [-0.2, 0) is 0 Å². The van der Waals surface area contributed by atoms with E-state index in [1.165, 1.54) is 0 Å². The smallest absolute Gasteiger partial charge is 0.225 e. The van der Waals surface area contributed by atoms with Crippen LogP contribution in [0.15, 0.2) is 11.4 Å². The number of halogens is 1. The number of hydrogen-bond acceptors (Lipinski definition) is 4. The molecule has 5 heteroatoms. The summed E-state index contributed by atoms with van der Waals surface area (Å²) in [5, 5.41) is 3.39. The van der Waals surface area contributed by atoms with Crippen LogP contribution in [0.1, 0.15) is 6.92 Å². The highest BCUT2D eigenvalue weighted by molar-refractivity contribution is 7.16. The Morgan fingerprint density at radius 2 is 2.29 bits per heavy atom. The number of rotatable bonds is 2. The molecule has 2 heterocycles. The first-order valence-corrected chi connectivity index (χ1v) is 5.60. The van der Waals surface area contributed by atoms with E-state index < -0.39 is 0 Å². The number of hydrogen-bond donors (Lipinski definition) is 0. The molecule has 0 unspecified atom stereocenters. The minimum Gasteiger partial charge on any atom is -0.359 e. The molecule has 0 saturated heterocycles. The third kappa shape index (κ3) is 1.55. The van der Waals surface area contributed by atoms with E-state index in [1.807, 2.05) is 18.5 Å². The fourth-order valence-electron chi connectivity index (χ4n) is 1.26. The summed E-state index contributed by atoms with van der Waals surface area (Å²) in [6, 6.07) is 2.03. The molecule has 74 valence electrons. The third-order valence-electron chi connectivity index (χ3n) is 2.11. The van der Waals surface area contributed by atoms with E-state index in [0.717, 1.165) is 22.6 Å². The lowest BCUT2D eigenvalue weighted by Gasteiger charge is -2.16. The maximum Gasteiger partial charge on any atom is 0.225 e. The van der Waals surface area contributed by atoms with E-state index in [1.54, 1.807) is 11.3 Å². The molecule has 0 bridgehead atoms. The maximum absolute atomic E-state index is 5.84. The van der Waals surface area contributed by atoms with Crippen LogP contribution in [-0.4, -0.2) is 23.6 Å². The van der Waals surface area contributed by atoms with E-state index in [9.17, 15) is 0 Å². The Balaban J connectivity index is 2.66. The lowest BCUT2D eigenvalue weighted by atomic mass is 10.3. The molecule has 0 aliphatic rings.